The van der Waals surface area contributed by atoms with Crippen molar-refractivity contribution in [2.24, 2.45) is 0 Å². The van der Waals surface area contributed by atoms with E-state index in [0.29, 0.717) is 5.82 Å². The third-order valence-electron chi connectivity index (χ3n) is 3.29. The molecule has 2 aromatic carbocycles. The van der Waals surface area contributed by atoms with Crippen LogP contribution in [0.3, 0.4) is 0 Å². The molecule has 0 aliphatic heterocycles. The molecule has 7 heteroatoms. The van der Waals surface area contributed by atoms with Gasteiger partial charge in [-0.05, 0) is 0 Å². The molecule has 1 heterocycles. The van der Waals surface area contributed by atoms with Crippen LogP contribution < -0.4 is 14.7 Å². The summed E-state index contributed by atoms with van der Waals surface area (Å²) in [4.78, 5) is 10.5. The number of non-ortho nitro benzene ring substituents is 1. The van der Waals surface area contributed by atoms with Gasteiger partial charge >= 0.3 is 139 Å². The molecule has 0 atom stereocenters. The van der Waals surface area contributed by atoms with Gasteiger partial charge in [-0.2, -0.15) is 0 Å². The molecule has 0 amide bonds. The molecule has 2 N–H and O–H groups in total. The zero-order chi connectivity index (χ0) is 16.4. The Morgan fingerprint density at radius 2 is 1.91 bits per heavy atom. The maximum absolute atomic E-state index is 10.9. The summed E-state index contributed by atoms with van der Waals surface area (Å²) in [6.07, 6.45) is 0. The van der Waals surface area contributed by atoms with Crippen molar-refractivity contribution in [2.75, 3.05) is 5.73 Å². The molecule has 3 aromatic rings. The van der Waals surface area contributed by atoms with Gasteiger partial charge in [-0.1, -0.05) is 0 Å². The molecular weight excluding hydrogens is 359 g/mol. The monoisotopic (exact) mass is 374 g/mol. The molecule has 3 rings (SSSR count). The van der Waals surface area contributed by atoms with Crippen LogP contribution in [0.15, 0.2) is 54.6 Å². The summed E-state index contributed by atoms with van der Waals surface area (Å²) in [7, 11) is 0. The summed E-state index contributed by atoms with van der Waals surface area (Å²) in [6.45, 7) is 1.91. The Kier molecular flexibility index (Phi) is 4.14. The van der Waals surface area contributed by atoms with Gasteiger partial charge in [-0.25, -0.2) is 0 Å². The molecule has 0 aliphatic carbocycles. The number of nitrogen functional groups attached to an aromatic ring is 1. The minimum absolute atomic E-state index is 0.0936. The molecule has 0 bridgehead atoms. The molecule has 0 saturated heterocycles. The first kappa shape index (κ1) is 15.3. The fourth-order valence-corrected chi connectivity index (χ4v) is 4.18. The first-order chi connectivity index (χ1) is 11.1. The van der Waals surface area contributed by atoms with Crippen LogP contribution in [0, 0.1) is 17.0 Å². The van der Waals surface area contributed by atoms with Crippen LogP contribution in [0.5, 0.6) is 0 Å². The van der Waals surface area contributed by atoms with Gasteiger partial charge in [0.05, 0.1) is 0 Å². The normalized spacial score (nSPS) is 10.7. The van der Waals surface area contributed by atoms with Crippen LogP contribution in [0.25, 0.3) is 5.69 Å². The van der Waals surface area contributed by atoms with E-state index < -0.39 is 0 Å². The topological polar surface area (TPSA) is 87.0 Å². The Bertz CT molecular complexity index is 862. The van der Waals surface area contributed by atoms with Gasteiger partial charge in [-0.3, -0.25) is 0 Å². The average molecular weight is 373 g/mol. The average Bonchev–Trinajstić information content (AvgIpc) is 2.84. The van der Waals surface area contributed by atoms with E-state index >= 15 is 0 Å². The third-order valence-corrected chi connectivity index (χ3v) is 5.80. The van der Waals surface area contributed by atoms with Crippen molar-refractivity contribution in [2.45, 2.75) is 6.92 Å². The van der Waals surface area contributed by atoms with Crippen molar-refractivity contribution in [3.8, 4) is 5.69 Å². The van der Waals surface area contributed by atoms with Crippen molar-refractivity contribution >= 4 is 35.4 Å². The maximum atomic E-state index is 10.9. The van der Waals surface area contributed by atoms with Crippen molar-refractivity contribution in [1.29, 1.82) is 0 Å². The van der Waals surface area contributed by atoms with E-state index in [1.807, 2.05) is 43.3 Å². The summed E-state index contributed by atoms with van der Waals surface area (Å²) in [5.74, 6) is 0.584. The number of benzene rings is 2. The molecule has 0 saturated carbocycles. The van der Waals surface area contributed by atoms with E-state index in [-0.39, 0.29) is 25.6 Å². The van der Waals surface area contributed by atoms with Crippen molar-refractivity contribution < 1.29 is 4.92 Å². The van der Waals surface area contributed by atoms with E-state index in [4.69, 9.17) is 5.73 Å². The summed E-state index contributed by atoms with van der Waals surface area (Å²) in [6, 6.07) is 16.3. The number of hydrogen-bond acceptors (Lipinski definition) is 4. The molecule has 0 unspecified atom stereocenters. The van der Waals surface area contributed by atoms with E-state index in [0.717, 1.165) is 20.3 Å². The Labute approximate surface area is 139 Å². The van der Waals surface area contributed by atoms with E-state index in [1.165, 1.54) is 6.07 Å². The first-order valence-electron chi connectivity index (χ1n) is 6.89. The summed E-state index contributed by atoms with van der Waals surface area (Å²) < 4.78 is 3.56. The number of aryl methyl sites for hydroxylation is 1. The third kappa shape index (κ3) is 3.11. The van der Waals surface area contributed by atoms with Gasteiger partial charge in [0.1, 0.15) is 0 Å². The second-order valence-corrected chi connectivity index (χ2v) is 7.18. The Balaban J connectivity index is 1.97. The molecule has 23 heavy (non-hydrogen) atoms. The van der Waals surface area contributed by atoms with Gasteiger partial charge in [0.2, 0.25) is 0 Å². The predicted molar refractivity (Wildman–Crippen MR) is 90.8 cm³/mol. The molecule has 1 aromatic heterocycles. The summed E-state index contributed by atoms with van der Waals surface area (Å²) in [5.41, 5.74) is 8.10. The van der Waals surface area contributed by atoms with Crippen LogP contribution in [0.2, 0.25) is 0 Å². The van der Waals surface area contributed by atoms with Crippen LogP contribution in [0.1, 0.15) is 5.69 Å². The number of para-hydroxylation sites is 1. The van der Waals surface area contributed by atoms with Gasteiger partial charge in [0, 0.05) is 0 Å². The van der Waals surface area contributed by atoms with Gasteiger partial charge in [0.15, 0.2) is 0 Å². The van der Waals surface area contributed by atoms with Crippen molar-refractivity contribution in [1.82, 2.24) is 9.78 Å². The van der Waals surface area contributed by atoms with Gasteiger partial charge < -0.3 is 0 Å². The zero-order valence-electron chi connectivity index (χ0n) is 12.3. The second-order valence-electron chi connectivity index (χ2n) is 4.90. The molecule has 6 nitrogen and oxygen atoms in total. The number of nitro groups is 1. The Morgan fingerprint density at radius 3 is 2.61 bits per heavy atom. The minimum atomic E-state index is -0.386. The SMILES string of the molecule is Cc1nn(-c2ccccc2)c(N)c1[Se]c1cccc([N+](=O)[O-])c1. The van der Waals surface area contributed by atoms with Crippen LogP contribution in [0.4, 0.5) is 11.5 Å². The number of nitrogens with zero attached hydrogens (tertiary/aromatic N) is 3. The van der Waals surface area contributed by atoms with Crippen molar-refractivity contribution in [3.63, 3.8) is 0 Å². The molecule has 0 fully saturated rings. The predicted octanol–water partition coefficient (Wildman–Crippen LogP) is 1.33. The van der Waals surface area contributed by atoms with Crippen LogP contribution >= 0.6 is 0 Å². The number of hydrogen-bond donors (Lipinski definition) is 1. The molecule has 116 valence electrons. The fourth-order valence-electron chi connectivity index (χ4n) is 2.20. The standard InChI is InChI=1S/C16H14N4O2Se/c1-11-15(23-14-9-5-8-13(10-14)20(21)22)16(17)19(18-11)12-6-3-2-4-7-12/h2-10H,17H2,1H3. The first-order valence-corrected chi connectivity index (χ1v) is 8.60. The van der Waals surface area contributed by atoms with Crippen molar-refractivity contribution in [3.05, 3.63) is 70.4 Å². The molecule has 0 aliphatic rings. The zero-order valence-corrected chi connectivity index (χ0v) is 14.1. The number of aromatic nitrogens is 2. The quantitative estimate of drug-likeness (QED) is 0.425. The van der Waals surface area contributed by atoms with E-state index in [9.17, 15) is 10.1 Å². The molecular formula is C16H14N4O2Se. The number of nitro benzene ring substituents is 1. The second kappa shape index (κ2) is 6.24. The van der Waals surface area contributed by atoms with Crippen LogP contribution in [-0.4, -0.2) is 29.7 Å². The molecule has 0 radical (unpaired) electrons. The van der Waals surface area contributed by atoms with Gasteiger partial charge in [-0.15, -0.1) is 0 Å². The van der Waals surface area contributed by atoms with Gasteiger partial charge in [0.25, 0.3) is 0 Å². The van der Waals surface area contributed by atoms with E-state index in [2.05, 4.69) is 5.10 Å². The summed E-state index contributed by atoms with van der Waals surface area (Å²) >= 11 is -0.146. The fraction of sp³-hybridized carbons (Fsp3) is 0.0625. The van der Waals surface area contributed by atoms with Crippen LogP contribution in [-0.2, 0) is 0 Å². The number of anilines is 1. The Hall–Kier alpha value is -2.63. The number of rotatable bonds is 4. The van der Waals surface area contributed by atoms with E-state index in [1.54, 1.807) is 16.8 Å². The summed E-state index contributed by atoms with van der Waals surface area (Å²) in [5, 5.41) is 15.4. The number of nitrogens with two attached hydrogens (primary N) is 1. The molecule has 0 spiro atoms. The Morgan fingerprint density at radius 1 is 1.17 bits per heavy atom.